The Morgan fingerprint density at radius 2 is 1.90 bits per heavy atom. The number of aromatic amines is 1. The standard InChI is InChI=1S/C14H17NO6/c16-6-10-11(17)12(18)13(14(19)21-10)20-9-5-15-8-4-2-1-3-7(8)9/h1-5,10-19H,6H2/t10-,11-,12+,13-,14-/m1/s1. The van der Waals surface area contributed by atoms with E-state index >= 15 is 0 Å². The van der Waals surface area contributed by atoms with Crippen molar-refractivity contribution >= 4 is 10.9 Å². The molecule has 0 aliphatic carbocycles. The van der Waals surface area contributed by atoms with Gasteiger partial charge in [0.2, 0.25) is 0 Å². The smallest absolute Gasteiger partial charge is 0.195 e. The molecule has 5 N–H and O–H groups in total. The SMILES string of the molecule is OC[C@H]1O[C@@H](O)[C@H](Oc2c[nH]c3ccccc23)[C@@H](O)[C@@H]1O. The highest BCUT2D eigenvalue weighted by molar-refractivity contribution is 5.85. The third-order valence-corrected chi connectivity index (χ3v) is 3.66. The van der Waals surface area contributed by atoms with Crippen LogP contribution in [0.3, 0.4) is 0 Å². The van der Waals surface area contributed by atoms with Crippen LogP contribution in [0.4, 0.5) is 0 Å². The predicted octanol–water partition coefficient (Wildman–Crippen LogP) is -0.653. The molecular formula is C14H17NO6. The Morgan fingerprint density at radius 3 is 2.67 bits per heavy atom. The number of para-hydroxylation sites is 1. The van der Waals surface area contributed by atoms with Gasteiger partial charge in [-0.3, -0.25) is 0 Å². The Bertz CT molecular complexity index is 614. The van der Waals surface area contributed by atoms with Crippen molar-refractivity contribution < 1.29 is 29.9 Å². The topological polar surface area (TPSA) is 115 Å². The summed E-state index contributed by atoms with van der Waals surface area (Å²) in [6, 6.07) is 7.40. The second kappa shape index (κ2) is 5.63. The van der Waals surface area contributed by atoms with Crippen LogP contribution in [-0.4, -0.2) is 62.7 Å². The van der Waals surface area contributed by atoms with Crippen LogP contribution in [0.25, 0.3) is 10.9 Å². The van der Waals surface area contributed by atoms with E-state index in [4.69, 9.17) is 14.6 Å². The van der Waals surface area contributed by atoms with Crippen LogP contribution in [0, 0.1) is 0 Å². The van der Waals surface area contributed by atoms with E-state index in [9.17, 15) is 15.3 Å². The van der Waals surface area contributed by atoms with Crippen molar-refractivity contribution in [2.24, 2.45) is 0 Å². The summed E-state index contributed by atoms with van der Waals surface area (Å²) in [6.45, 7) is -0.505. The molecule has 0 saturated carbocycles. The molecule has 21 heavy (non-hydrogen) atoms. The summed E-state index contributed by atoms with van der Waals surface area (Å²) in [5.74, 6) is 0.437. The molecule has 0 amide bonds. The van der Waals surface area contributed by atoms with Crippen LogP contribution in [0.15, 0.2) is 30.5 Å². The molecule has 0 radical (unpaired) electrons. The van der Waals surface area contributed by atoms with Gasteiger partial charge in [0.25, 0.3) is 0 Å². The van der Waals surface area contributed by atoms with Gasteiger partial charge in [-0.2, -0.15) is 0 Å². The minimum Gasteiger partial charge on any atom is -0.480 e. The quantitative estimate of drug-likeness (QED) is 0.514. The van der Waals surface area contributed by atoms with Gasteiger partial charge in [-0.1, -0.05) is 12.1 Å². The highest BCUT2D eigenvalue weighted by Gasteiger charge is 2.45. The summed E-state index contributed by atoms with van der Waals surface area (Å²) in [7, 11) is 0. The van der Waals surface area contributed by atoms with E-state index < -0.39 is 37.3 Å². The molecule has 3 rings (SSSR count). The first kappa shape index (κ1) is 14.3. The van der Waals surface area contributed by atoms with Crippen molar-refractivity contribution in [2.45, 2.75) is 30.7 Å². The molecule has 7 nitrogen and oxygen atoms in total. The zero-order valence-electron chi connectivity index (χ0n) is 11.1. The predicted molar refractivity (Wildman–Crippen MR) is 72.7 cm³/mol. The molecule has 2 aromatic rings. The fourth-order valence-corrected chi connectivity index (χ4v) is 2.49. The molecule has 1 aromatic carbocycles. The lowest BCUT2D eigenvalue weighted by atomic mass is 9.99. The fourth-order valence-electron chi connectivity index (χ4n) is 2.49. The zero-order chi connectivity index (χ0) is 15.0. The maximum absolute atomic E-state index is 10.0. The summed E-state index contributed by atoms with van der Waals surface area (Å²) < 4.78 is 10.7. The van der Waals surface area contributed by atoms with Gasteiger partial charge < -0.3 is 34.9 Å². The third-order valence-electron chi connectivity index (χ3n) is 3.66. The van der Waals surface area contributed by atoms with Gasteiger partial charge in [0, 0.05) is 17.1 Å². The van der Waals surface area contributed by atoms with E-state index in [2.05, 4.69) is 4.98 Å². The highest BCUT2D eigenvalue weighted by Crippen LogP contribution is 2.29. The van der Waals surface area contributed by atoms with Crippen molar-refractivity contribution in [3.63, 3.8) is 0 Å². The molecule has 114 valence electrons. The van der Waals surface area contributed by atoms with Crippen LogP contribution < -0.4 is 4.74 Å². The average molecular weight is 295 g/mol. The average Bonchev–Trinajstić information content (AvgIpc) is 2.90. The third kappa shape index (κ3) is 2.50. The van der Waals surface area contributed by atoms with Gasteiger partial charge in [0.1, 0.15) is 24.1 Å². The van der Waals surface area contributed by atoms with Crippen molar-refractivity contribution in [1.82, 2.24) is 4.98 Å². The number of fused-ring (bicyclic) bond motifs is 1. The Balaban J connectivity index is 1.83. The number of aliphatic hydroxyl groups is 4. The molecule has 1 aliphatic heterocycles. The molecule has 1 aliphatic rings. The highest BCUT2D eigenvalue weighted by atomic mass is 16.7. The molecule has 1 aromatic heterocycles. The maximum Gasteiger partial charge on any atom is 0.195 e. The number of nitrogens with one attached hydrogen (secondary N) is 1. The Morgan fingerprint density at radius 1 is 1.14 bits per heavy atom. The first-order valence-corrected chi connectivity index (χ1v) is 6.65. The lowest BCUT2D eigenvalue weighted by Gasteiger charge is -2.39. The van der Waals surface area contributed by atoms with Crippen LogP contribution >= 0.6 is 0 Å². The summed E-state index contributed by atoms with van der Waals surface area (Å²) in [6.07, 6.45) is -4.75. The fraction of sp³-hybridized carbons (Fsp3) is 0.429. The van der Waals surface area contributed by atoms with Crippen LogP contribution in [0.5, 0.6) is 5.75 Å². The number of aromatic nitrogens is 1. The number of ether oxygens (including phenoxy) is 2. The van der Waals surface area contributed by atoms with E-state index in [0.29, 0.717) is 5.75 Å². The van der Waals surface area contributed by atoms with Gasteiger partial charge in [-0.25, -0.2) is 0 Å². The number of rotatable bonds is 3. The van der Waals surface area contributed by atoms with Crippen molar-refractivity contribution in [3.8, 4) is 5.75 Å². The normalized spacial score (nSPS) is 33.2. The summed E-state index contributed by atoms with van der Waals surface area (Å²) >= 11 is 0. The first-order chi connectivity index (χ1) is 10.1. The lowest BCUT2D eigenvalue weighted by molar-refractivity contribution is -0.280. The number of aliphatic hydroxyl groups excluding tert-OH is 4. The van der Waals surface area contributed by atoms with E-state index in [1.54, 1.807) is 6.20 Å². The number of benzene rings is 1. The second-order valence-corrected chi connectivity index (χ2v) is 5.01. The Hall–Kier alpha value is -1.64. The summed E-state index contributed by atoms with van der Waals surface area (Å²) in [5.41, 5.74) is 0.849. The molecule has 0 spiro atoms. The summed E-state index contributed by atoms with van der Waals surface area (Å²) in [5, 5.41) is 39.6. The molecule has 5 atom stereocenters. The molecular weight excluding hydrogens is 278 g/mol. The number of hydrogen-bond donors (Lipinski definition) is 5. The van der Waals surface area contributed by atoms with Crippen LogP contribution in [0.2, 0.25) is 0 Å². The number of hydrogen-bond acceptors (Lipinski definition) is 6. The minimum absolute atomic E-state index is 0.437. The lowest BCUT2D eigenvalue weighted by Crippen LogP contribution is -2.60. The van der Waals surface area contributed by atoms with E-state index in [0.717, 1.165) is 10.9 Å². The minimum atomic E-state index is -1.45. The molecule has 7 heteroatoms. The molecule has 0 unspecified atom stereocenters. The van der Waals surface area contributed by atoms with E-state index in [-0.39, 0.29) is 0 Å². The van der Waals surface area contributed by atoms with Crippen LogP contribution in [-0.2, 0) is 4.74 Å². The first-order valence-electron chi connectivity index (χ1n) is 6.65. The second-order valence-electron chi connectivity index (χ2n) is 5.01. The zero-order valence-corrected chi connectivity index (χ0v) is 11.1. The van der Waals surface area contributed by atoms with Crippen LogP contribution in [0.1, 0.15) is 0 Å². The monoisotopic (exact) mass is 295 g/mol. The largest absolute Gasteiger partial charge is 0.480 e. The van der Waals surface area contributed by atoms with Gasteiger partial charge in [0.15, 0.2) is 12.4 Å². The maximum atomic E-state index is 10.0. The summed E-state index contributed by atoms with van der Waals surface area (Å²) in [4.78, 5) is 3.01. The molecule has 1 saturated heterocycles. The molecule has 2 heterocycles. The van der Waals surface area contributed by atoms with E-state index in [1.165, 1.54) is 0 Å². The Kier molecular flexibility index (Phi) is 3.83. The molecule has 1 fully saturated rings. The molecule has 0 bridgehead atoms. The Labute approximate surface area is 120 Å². The van der Waals surface area contributed by atoms with Crippen molar-refractivity contribution in [3.05, 3.63) is 30.5 Å². The van der Waals surface area contributed by atoms with Gasteiger partial charge in [-0.15, -0.1) is 0 Å². The van der Waals surface area contributed by atoms with Crippen molar-refractivity contribution in [2.75, 3.05) is 6.61 Å². The van der Waals surface area contributed by atoms with Gasteiger partial charge in [0.05, 0.1) is 6.61 Å². The van der Waals surface area contributed by atoms with E-state index in [1.807, 2.05) is 24.3 Å². The van der Waals surface area contributed by atoms with Gasteiger partial charge >= 0.3 is 0 Å². The van der Waals surface area contributed by atoms with Gasteiger partial charge in [-0.05, 0) is 12.1 Å². The number of H-pyrrole nitrogens is 1. The van der Waals surface area contributed by atoms with Crippen molar-refractivity contribution in [1.29, 1.82) is 0 Å².